The van der Waals surface area contributed by atoms with Crippen LogP contribution in [0.4, 0.5) is 4.39 Å². The number of amides is 2. The van der Waals surface area contributed by atoms with Crippen LogP contribution in [0.3, 0.4) is 0 Å². The zero-order chi connectivity index (χ0) is 22.2. The Balaban J connectivity index is 1.38. The van der Waals surface area contributed by atoms with Crippen molar-refractivity contribution in [2.24, 2.45) is 5.92 Å². The minimum absolute atomic E-state index is 0.0548. The summed E-state index contributed by atoms with van der Waals surface area (Å²) in [5, 5.41) is 3.03. The van der Waals surface area contributed by atoms with E-state index in [0.717, 1.165) is 11.3 Å². The Labute approximate surface area is 181 Å². The highest BCUT2D eigenvalue weighted by Gasteiger charge is 2.33. The van der Waals surface area contributed by atoms with Crippen molar-refractivity contribution in [2.45, 2.75) is 58.4 Å². The fourth-order valence-corrected chi connectivity index (χ4v) is 4.15. The Morgan fingerprint density at radius 3 is 2.48 bits per heavy atom. The molecule has 2 aliphatic heterocycles. The van der Waals surface area contributed by atoms with Gasteiger partial charge in [0.15, 0.2) is 5.69 Å². The lowest BCUT2D eigenvalue weighted by molar-refractivity contribution is -0.127. The van der Waals surface area contributed by atoms with Gasteiger partial charge in [-0.3, -0.25) is 9.59 Å². The van der Waals surface area contributed by atoms with E-state index in [2.05, 4.69) is 10.3 Å². The molecule has 31 heavy (non-hydrogen) atoms. The highest BCUT2D eigenvalue weighted by molar-refractivity contribution is 5.93. The molecule has 8 heteroatoms. The lowest BCUT2D eigenvalue weighted by Gasteiger charge is -2.33. The maximum Gasteiger partial charge on any atom is 0.274 e. The number of likely N-dealkylation sites (tertiary alicyclic amines) is 1. The summed E-state index contributed by atoms with van der Waals surface area (Å²) < 4.78 is 21.1. The first kappa shape index (κ1) is 21.5. The van der Waals surface area contributed by atoms with Crippen LogP contribution in [-0.4, -0.2) is 44.9 Å². The molecule has 7 nitrogen and oxygen atoms in total. The monoisotopic (exact) mass is 428 g/mol. The van der Waals surface area contributed by atoms with E-state index < -0.39 is 0 Å². The van der Waals surface area contributed by atoms with Crippen molar-refractivity contribution >= 4 is 11.8 Å². The van der Waals surface area contributed by atoms with Crippen LogP contribution in [0, 0.1) is 11.7 Å². The van der Waals surface area contributed by atoms with Gasteiger partial charge in [-0.25, -0.2) is 9.37 Å². The molecule has 1 fully saturated rings. The van der Waals surface area contributed by atoms with E-state index in [0.29, 0.717) is 38.2 Å². The van der Waals surface area contributed by atoms with Gasteiger partial charge in [0, 0.05) is 24.5 Å². The Kier molecular flexibility index (Phi) is 5.83. The largest absolute Gasteiger partial charge is 0.365 e. The number of aromatic nitrogens is 2. The van der Waals surface area contributed by atoms with Crippen LogP contribution in [0.1, 0.15) is 61.5 Å². The van der Waals surface area contributed by atoms with Gasteiger partial charge in [0.1, 0.15) is 11.9 Å². The van der Waals surface area contributed by atoms with Gasteiger partial charge in [-0.05, 0) is 51.3 Å². The standard InChI is InChI=1S/C23H29FN4O3/c1-23(2,3)26-21(29)16-8-10-27(11-9-16)22(30)20-18-13-31-19(12-28(18)14-25-20)15-4-6-17(24)7-5-15/h4-7,14,16,19H,8-13H2,1-3H3,(H,26,29)/t19-/m0/s1. The van der Waals surface area contributed by atoms with Gasteiger partial charge in [0.25, 0.3) is 5.91 Å². The first-order chi connectivity index (χ1) is 14.7. The van der Waals surface area contributed by atoms with Crippen LogP contribution in [0.2, 0.25) is 0 Å². The maximum absolute atomic E-state index is 13.2. The minimum Gasteiger partial charge on any atom is -0.365 e. The molecule has 0 bridgehead atoms. The normalized spacial score (nSPS) is 19.7. The summed E-state index contributed by atoms with van der Waals surface area (Å²) in [5.41, 5.74) is 1.81. The molecule has 1 saturated heterocycles. The number of hydrogen-bond donors (Lipinski definition) is 1. The summed E-state index contributed by atoms with van der Waals surface area (Å²) in [6.07, 6.45) is 2.76. The van der Waals surface area contributed by atoms with Gasteiger partial charge >= 0.3 is 0 Å². The molecule has 3 heterocycles. The first-order valence-corrected chi connectivity index (χ1v) is 10.7. The predicted molar refractivity (Wildman–Crippen MR) is 113 cm³/mol. The van der Waals surface area contributed by atoms with Crippen LogP contribution >= 0.6 is 0 Å². The molecule has 1 atom stereocenters. The van der Waals surface area contributed by atoms with Crippen molar-refractivity contribution in [1.82, 2.24) is 19.8 Å². The molecule has 0 radical (unpaired) electrons. The highest BCUT2D eigenvalue weighted by Crippen LogP contribution is 2.29. The fourth-order valence-electron chi connectivity index (χ4n) is 4.15. The number of benzene rings is 1. The quantitative estimate of drug-likeness (QED) is 0.815. The third kappa shape index (κ3) is 4.79. The van der Waals surface area contributed by atoms with E-state index in [4.69, 9.17) is 4.74 Å². The van der Waals surface area contributed by atoms with Gasteiger partial charge in [0.2, 0.25) is 5.91 Å². The summed E-state index contributed by atoms with van der Waals surface area (Å²) in [6.45, 7) is 7.76. The first-order valence-electron chi connectivity index (χ1n) is 10.7. The number of imidazole rings is 1. The number of nitrogens with zero attached hydrogens (tertiary/aromatic N) is 3. The molecular formula is C23H29FN4O3. The Bertz CT molecular complexity index is 956. The number of piperidine rings is 1. The summed E-state index contributed by atoms with van der Waals surface area (Å²) in [4.78, 5) is 31.6. The van der Waals surface area contributed by atoms with E-state index in [1.165, 1.54) is 12.1 Å². The van der Waals surface area contributed by atoms with Crippen molar-refractivity contribution in [3.05, 3.63) is 53.4 Å². The van der Waals surface area contributed by atoms with E-state index >= 15 is 0 Å². The number of carbonyl (C=O) groups is 2. The zero-order valence-electron chi connectivity index (χ0n) is 18.2. The van der Waals surface area contributed by atoms with E-state index in [1.807, 2.05) is 25.3 Å². The van der Waals surface area contributed by atoms with Crippen molar-refractivity contribution in [1.29, 1.82) is 0 Å². The van der Waals surface area contributed by atoms with Crippen LogP contribution in [0.25, 0.3) is 0 Å². The Hall–Kier alpha value is -2.74. The average Bonchev–Trinajstić information content (AvgIpc) is 3.16. The van der Waals surface area contributed by atoms with Crippen LogP contribution in [0.15, 0.2) is 30.6 Å². The molecular weight excluding hydrogens is 399 g/mol. The molecule has 4 rings (SSSR count). The number of carbonyl (C=O) groups excluding carboxylic acids is 2. The molecule has 2 aliphatic rings. The molecule has 0 unspecified atom stereocenters. The summed E-state index contributed by atoms with van der Waals surface area (Å²) in [6, 6.07) is 6.27. The predicted octanol–water partition coefficient (Wildman–Crippen LogP) is 3.06. The Morgan fingerprint density at radius 2 is 1.84 bits per heavy atom. The molecule has 2 amide bonds. The van der Waals surface area contributed by atoms with Gasteiger partial charge in [-0.1, -0.05) is 12.1 Å². The fraction of sp³-hybridized carbons (Fsp3) is 0.522. The second-order valence-electron chi connectivity index (χ2n) is 9.35. The van der Waals surface area contributed by atoms with E-state index in [-0.39, 0.29) is 41.8 Å². The van der Waals surface area contributed by atoms with E-state index in [1.54, 1.807) is 23.4 Å². The molecule has 0 saturated carbocycles. The van der Waals surface area contributed by atoms with E-state index in [9.17, 15) is 14.0 Å². The highest BCUT2D eigenvalue weighted by atomic mass is 19.1. The van der Waals surface area contributed by atoms with Gasteiger partial charge in [-0.2, -0.15) is 0 Å². The number of halogens is 1. The second kappa shape index (κ2) is 8.42. The minimum atomic E-state index is -0.282. The molecule has 1 aromatic heterocycles. The maximum atomic E-state index is 13.2. The molecule has 1 aromatic carbocycles. The molecule has 0 aliphatic carbocycles. The molecule has 0 spiro atoms. The third-order valence-corrected chi connectivity index (χ3v) is 5.83. The van der Waals surface area contributed by atoms with Crippen molar-refractivity contribution in [2.75, 3.05) is 13.1 Å². The van der Waals surface area contributed by atoms with Gasteiger partial charge in [0.05, 0.1) is 25.2 Å². The van der Waals surface area contributed by atoms with Crippen molar-refractivity contribution < 1.29 is 18.7 Å². The number of rotatable bonds is 3. The number of nitrogens with one attached hydrogen (secondary N) is 1. The summed E-state index contributed by atoms with van der Waals surface area (Å²) >= 11 is 0. The second-order valence-corrected chi connectivity index (χ2v) is 9.35. The average molecular weight is 429 g/mol. The smallest absolute Gasteiger partial charge is 0.274 e. The van der Waals surface area contributed by atoms with Crippen LogP contribution in [-0.2, 0) is 22.7 Å². The van der Waals surface area contributed by atoms with Gasteiger partial charge in [-0.15, -0.1) is 0 Å². The zero-order valence-corrected chi connectivity index (χ0v) is 18.2. The number of hydrogen-bond acceptors (Lipinski definition) is 4. The number of fused-ring (bicyclic) bond motifs is 1. The Morgan fingerprint density at radius 1 is 1.16 bits per heavy atom. The molecule has 166 valence electrons. The number of ether oxygens (including phenoxy) is 1. The SMILES string of the molecule is CC(C)(C)NC(=O)C1CCN(C(=O)c2ncn3c2CO[C@H](c2ccc(F)cc2)C3)CC1. The van der Waals surface area contributed by atoms with Crippen molar-refractivity contribution in [3.8, 4) is 0 Å². The third-order valence-electron chi connectivity index (χ3n) is 5.83. The topological polar surface area (TPSA) is 76.5 Å². The summed E-state index contributed by atoms with van der Waals surface area (Å²) in [7, 11) is 0. The van der Waals surface area contributed by atoms with Gasteiger partial charge < -0.3 is 19.5 Å². The molecule has 2 aromatic rings. The van der Waals surface area contributed by atoms with Crippen molar-refractivity contribution in [3.63, 3.8) is 0 Å². The lowest BCUT2D eigenvalue weighted by atomic mass is 9.94. The molecule has 1 N–H and O–H groups in total. The van der Waals surface area contributed by atoms with Crippen LogP contribution in [0.5, 0.6) is 0 Å². The summed E-state index contributed by atoms with van der Waals surface area (Å²) in [5.74, 6) is -0.416. The lowest BCUT2D eigenvalue weighted by Crippen LogP contribution is -2.48. The van der Waals surface area contributed by atoms with Crippen LogP contribution < -0.4 is 5.32 Å².